The van der Waals surface area contributed by atoms with Crippen LogP contribution in [0.2, 0.25) is 0 Å². The van der Waals surface area contributed by atoms with Crippen LogP contribution in [0, 0.1) is 0 Å². The van der Waals surface area contributed by atoms with Gasteiger partial charge in [0.2, 0.25) is 0 Å². The molecule has 1 saturated heterocycles. The smallest absolute Gasteiger partial charge is 0.295 e. The van der Waals surface area contributed by atoms with E-state index in [2.05, 4.69) is 44.6 Å². The van der Waals surface area contributed by atoms with Crippen molar-refractivity contribution in [3.63, 3.8) is 0 Å². The second-order valence-electron chi connectivity index (χ2n) is 6.97. The highest BCUT2D eigenvalue weighted by molar-refractivity contribution is 5.90. The molecule has 0 N–H and O–H groups in total. The standard InChI is InChI=1S/C21H24N6O2/c1-29-19-9-7-18(8-10-19)27-23-20(22-24-27)21(28)26-15-13-25(14-16-26)12-11-17-5-3-2-4-6-17/h2-10H,11-16H2,1H3. The number of carbonyl (C=O) groups is 1. The van der Waals surface area contributed by atoms with Crippen LogP contribution in [-0.4, -0.2) is 75.7 Å². The number of hydrogen-bond acceptors (Lipinski definition) is 6. The number of piperazine rings is 1. The predicted octanol–water partition coefficient (Wildman–Crippen LogP) is 1.67. The van der Waals surface area contributed by atoms with E-state index >= 15 is 0 Å². The molecular formula is C21H24N6O2. The highest BCUT2D eigenvalue weighted by Crippen LogP contribution is 2.14. The molecule has 3 aromatic rings. The van der Waals surface area contributed by atoms with Gasteiger partial charge in [0, 0.05) is 32.7 Å². The maximum absolute atomic E-state index is 12.7. The number of hydrogen-bond donors (Lipinski definition) is 0. The quantitative estimate of drug-likeness (QED) is 0.635. The van der Waals surface area contributed by atoms with Gasteiger partial charge in [0.1, 0.15) is 5.75 Å². The Hall–Kier alpha value is -3.26. The summed E-state index contributed by atoms with van der Waals surface area (Å²) in [5.41, 5.74) is 2.06. The number of methoxy groups -OCH3 is 1. The minimum absolute atomic E-state index is 0.124. The Morgan fingerprint density at radius 1 is 1.00 bits per heavy atom. The Balaban J connectivity index is 1.31. The third-order valence-electron chi connectivity index (χ3n) is 5.13. The fraction of sp³-hybridized carbons (Fsp3) is 0.333. The van der Waals surface area contributed by atoms with Crippen LogP contribution in [0.3, 0.4) is 0 Å². The van der Waals surface area contributed by atoms with E-state index in [0.29, 0.717) is 13.1 Å². The van der Waals surface area contributed by atoms with Crippen LogP contribution in [-0.2, 0) is 6.42 Å². The summed E-state index contributed by atoms with van der Waals surface area (Å²) >= 11 is 0. The number of ether oxygens (including phenoxy) is 1. The number of carbonyl (C=O) groups excluding carboxylic acids is 1. The number of rotatable bonds is 6. The van der Waals surface area contributed by atoms with E-state index in [4.69, 9.17) is 4.74 Å². The average molecular weight is 392 g/mol. The Morgan fingerprint density at radius 2 is 1.72 bits per heavy atom. The second-order valence-corrected chi connectivity index (χ2v) is 6.97. The summed E-state index contributed by atoms with van der Waals surface area (Å²) < 4.78 is 5.15. The van der Waals surface area contributed by atoms with Crippen LogP contribution < -0.4 is 4.74 Å². The van der Waals surface area contributed by atoms with E-state index in [9.17, 15) is 4.79 Å². The first-order valence-corrected chi connectivity index (χ1v) is 9.73. The summed E-state index contributed by atoms with van der Waals surface area (Å²) in [4.78, 5) is 18.3. The number of tetrazole rings is 1. The molecule has 150 valence electrons. The minimum Gasteiger partial charge on any atom is -0.497 e. The number of aromatic nitrogens is 4. The van der Waals surface area contributed by atoms with Crippen molar-refractivity contribution in [3.8, 4) is 11.4 Å². The zero-order valence-electron chi connectivity index (χ0n) is 16.4. The van der Waals surface area contributed by atoms with Gasteiger partial charge in [-0.3, -0.25) is 9.69 Å². The Labute approximate surface area is 169 Å². The van der Waals surface area contributed by atoms with Crippen molar-refractivity contribution in [2.24, 2.45) is 0 Å². The van der Waals surface area contributed by atoms with Crippen LogP contribution in [0.1, 0.15) is 16.2 Å². The number of amides is 1. The van der Waals surface area contributed by atoms with Gasteiger partial charge < -0.3 is 9.64 Å². The largest absolute Gasteiger partial charge is 0.497 e. The average Bonchev–Trinajstić information content (AvgIpc) is 3.29. The first-order valence-electron chi connectivity index (χ1n) is 9.73. The maximum Gasteiger partial charge on any atom is 0.295 e. The van der Waals surface area contributed by atoms with Crippen LogP contribution >= 0.6 is 0 Å². The molecule has 0 saturated carbocycles. The molecule has 1 fully saturated rings. The van der Waals surface area contributed by atoms with Gasteiger partial charge in [0.05, 0.1) is 12.8 Å². The molecule has 1 aliphatic heterocycles. The van der Waals surface area contributed by atoms with Crippen molar-refractivity contribution in [3.05, 3.63) is 66.0 Å². The summed E-state index contributed by atoms with van der Waals surface area (Å²) in [5, 5.41) is 12.2. The molecule has 2 heterocycles. The van der Waals surface area contributed by atoms with E-state index in [1.807, 2.05) is 30.3 Å². The topological polar surface area (TPSA) is 76.4 Å². The summed E-state index contributed by atoms with van der Waals surface area (Å²) in [5.74, 6) is 0.696. The molecule has 0 spiro atoms. The molecule has 1 aliphatic rings. The number of benzene rings is 2. The lowest BCUT2D eigenvalue weighted by Gasteiger charge is -2.34. The number of nitrogens with zero attached hydrogens (tertiary/aromatic N) is 6. The summed E-state index contributed by atoms with van der Waals surface area (Å²) in [7, 11) is 1.61. The van der Waals surface area contributed by atoms with Gasteiger partial charge in [-0.1, -0.05) is 30.3 Å². The van der Waals surface area contributed by atoms with E-state index in [1.54, 1.807) is 12.0 Å². The van der Waals surface area contributed by atoms with Gasteiger partial charge in [0.25, 0.3) is 11.7 Å². The maximum atomic E-state index is 12.7. The summed E-state index contributed by atoms with van der Waals surface area (Å²) in [6.07, 6.45) is 1.02. The van der Waals surface area contributed by atoms with Crippen molar-refractivity contribution in [1.29, 1.82) is 0 Å². The van der Waals surface area contributed by atoms with Crippen molar-refractivity contribution in [2.75, 3.05) is 39.8 Å². The zero-order valence-corrected chi connectivity index (χ0v) is 16.4. The van der Waals surface area contributed by atoms with Crippen molar-refractivity contribution in [2.45, 2.75) is 6.42 Å². The summed E-state index contributed by atoms with van der Waals surface area (Å²) in [6.45, 7) is 4.05. The molecule has 0 unspecified atom stereocenters. The molecule has 1 aromatic heterocycles. The van der Waals surface area contributed by atoms with Gasteiger partial charge in [-0.05, 0) is 41.5 Å². The molecule has 0 aliphatic carbocycles. The fourth-order valence-corrected chi connectivity index (χ4v) is 3.37. The fourth-order valence-electron chi connectivity index (χ4n) is 3.37. The first kappa shape index (κ1) is 19.1. The molecule has 0 radical (unpaired) electrons. The van der Waals surface area contributed by atoms with Crippen molar-refractivity contribution in [1.82, 2.24) is 30.0 Å². The highest BCUT2D eigenvalue weighted by Gasteiger charge is 2.25. The Morgan fingerprint density at radius 3 is 2.41 bits per heavy atom. The van der Waals surface area contributed by atoms with Crippen LogP contribution in [0.15, 0.2) is 54.6 Å². The monoisotopic (exact) mass is 392 g/mol. The van der Waals surface area contributed by atoms with Crippen molar-refractivity contribution >= 4 is 5.91 Å². The SMILES string of the molecule is COc1ccc(-n2nnc(C(=O)N3CCN(CCc4ccccc4)CC3)n2)cc1. The molecule has 4 rings (SSSR count). The lowest BCUT2D eigenvalue weighted by atomic mass is 10.1. The minimum atomic E-state index is -0.174. The molecule has 0 atom stereocenters. The van der Waals surface area contributed by atoms with Crippen LogP contribution in [0.5, 0.6) is 5.75 Å². The third kappa shape index (κ3) is 4.60. The Kier molecular flexibility index (Phi) is 5.81. The Bertz CT molecular complexity index is 933. The van der Waals surface area contributed by atoms with Gasteiger partial charge in [-0.25, -0.2) is 0 Å². The molecule has 1 amide bonds. The molecule has 29 heavy (non-hydrogen) atoms. The van der Waals surface area contributed by atoms with E-state index in [-0.39, 0.29) is 11.7 Å². The zero-order chi connectivity index (χ0) is 20.1. The van der Waals surface area contributed by atoms with E-state index < -0.39 is 0 Å². The van der Waals surface area contributed by atoms with Gasteiger partial charge in [-0.15, -0.1) is 15.0 Å². The third-order valence-corrected chi connectivity index (χ3v) is 5.13. The van der Waals surface area contributed by atoms with E-state index in [1.165, 1.54) is 10.4 Å². The van der Waals surface area contributed by atoms with Gasteiger partial charge in [0.15, 0.2) is 0 Å². The van der Waals surface area contributed by atoms with Crippen LogP contribution in [0.25, 0.3) is 5.69 Å². The van der Waals surface area contributed by atoms with Crippen molar-refractivity contribution < 1.29 is 9.53 Å². The lowest BCUT2D eigenvalue weighted by Crippen LogP contribution is -2.49. The summed E-state index contributed by atoms with van der Waals surface area (Å²) in [6, 6.07) is 17.7. The van der Waals surface area contributed by atoms with Gasteiger partial charge >= 0.3 is 0 Å². The first-order chi connectivity index (χ1) is 14.2. The van der Waals surface area contributed by atoms with E-state index in [0.717, 1.165) is 37.5 Å². The normalized spacial score (nSPS) is 14.7. The molecule has 8 heteroatoms. The lowest BCUT2D eigenvalue weighted by molar-refractivity contribution is 0.0626. The molecule has 2 aromatic carbocycles. The molecule has 8 nitrogen and oxygen atoms in total. The molecule has 0 bridgehead atoms. The second kappa shape index (κ2) is 8.83. The molecular weight excluding hydrogens is 368 g/mol. The van der Waals surface area contributed by atoms with Crippen LogP contribution in [0.4, 0.5) is 0 Å². The highest BCUT2D eigenvalue weighted by atomic mass is 16.5. The van der Waals surface area contributed by atoms with Gasteiger partial charge in [-0.2, -0.15) is 0 Å². The predicted molar refractivity (Wildman–Crippen MR) is 108 cm³/mol.